The Labute approximate surface area is 222 Å². The van der Waals surface area contributed by atoms with Crippen molar-refractivity contribution in [3.63, 3.8) is 0 Å². The molecule has 0 aromatic heterocycles. The number of benzene rings is 3. The van der Waals surface area contributed by atoms with Crippen LogP contribution >= 0.6 is 0 Å². The van der Waals surface area contributed by atoms with Gasteiger partial charge in [-0.05, 0) is 111 Å². The van der Waals surface area contributed by atoms with Crippen LogP contribution in [0, 0.1) is 11.3 Å². The SMILES string of the molecule is CCN(CC)c1ccc(N=Nc2ccc(N=Nc3ccc(OCCC(C)CC(C)(C)C)cc3)cc2)cc1. The molecule has 0 saturated heterocycles. The van der Waals surface area contributed by atoms with E-state index in [0.29, 0.717) is 11.3 Å². The predicted molar refractivity (Wildman–Crippen MR) is 155 cm³/mol. The Kier molecular flexibility index (Phi) is 10.4. The van der Waals surface area contributed by atoms with E-state index in [0.717, 1.165) is 54.6 Å². The van der Waals surface area contributed by atoms with Gasteiger partial charge in [-0.25, -0.2) is 0 Å². The molecule has 0 N–H and O–H groups in total. The summed E-state index contributed by atoms with van der Waals surface area (Å²) in [6, 6.07) is 23.4. The molecule has 0 spiro atoms. The largest absolute Gasteiger partial charge is 0.494 e. The smallest absolute Gasteiger partial charge is 0.119 e. The summed E-state index contributed by atoms with van der Waals surface area (Å²) in [6.45, 7) is 16.1. The lowest BCUT2D eigenvalue weighted by atomic mass is 9.84. The fourth-order valence-corrected chi connectivity index (χ4v) is 4.27. The van der Waals surface area contributed by atoms with Gasteiger partial charge in [0, 0.05) is 18.8 Å². The third kappa shape index (κ3) is 9.79. The highest BCUT2D eigenvalue weighted by Crippen LogP contribution is 2.27. The Bertz CT molecular complexity index is 1130. The van der Waals surface area contributed by atoms with Gasteiger partial charge >= 0.3 is 0 Å². The molecule has 0 aliphatic heterocycles. The quantitative estimate of drug-likeness (QED) is 0.233. The minimum absolute atomic E-state index is 0.356. The molecule has 6 nitrogen and oxygen atoms in total. The summed E-state index contributed by atoms with van der Waals surface area (Å²) < 4.78 is 5.91. The van der Waals surface area contributed by atoms with E-state index >= 15 is 0 Å². The van der Waals surface area contributed by atoms with Gasteiger partial charge in [0.05, 0.1) is 29.4 Å². The van der Waals surface area contributed by atoms with Gasteiger partial charge < -0.3 is 9.64 Å². The van der Waals surface area contributed by atoms with E-state index in [2.05, 4.69) is 79.0 Å². The average Bonchev–Trinajstić information content (AvgIpc) is 2.88. The molecule has 0 saturated carbocycles. The van der Waals surface area contributed by atoms with Gasteiger partial charge in [-0.3, -0.25) is 0 Å². The number of nitrogens with zero attached hydrogens (tertiary/aromatic N) is 5. The maximum absolute atomic E-state index is 5.91. The molecular formula is C31H41N5O. The number of hydrogen-bond acceptors (Lipinski definition) is 6. The maximum Gasteiger partial charge on any atom is 0.119 e. The van der Waals surface area contributed by atoms with Crippen LogP contribution in [0.25, 0.3) is 0 Å². The molecule has 0 aliphatic carbocycles. The van der Waals surface area contributed by atoms with E-state index in [9.17, 15) is 0 Å². The van der Waals surface area contributed by atoms with Crippen LogP contribution < -0.4 is 9.64 Å². The lowest BCUT2D eigenvalue weighted by Gasteiger charge is -2.23. The van der Waals surface area contributed by atoms with E-state index < -0.39 is 0 Å². The van der Waals surface area contributed by atoms with Gasteiger partial charge in [-0.2, -0.15) is 20.5 Å². The normalized spacial score (nSPS) is 12.8. The number of anilines is 1. The standard InChI is InChI=1S/C31H41N5O/c1-7-36(8-2)29-17-13-27(14-18-29)34-32-25-9-11-26(12-10-25)33-35-28-15-19-30(20-16-28)37-22-21-24(3)23-31(4,5)6/h9-20,24H,7-8,21-23H2,1-6H3. The second kappa shape index (κ2) is 13.7. The Morgan fingerprint density at radius 2 is 1.08 bits per heavy atom. The van der Waals surface area contributed by atoms with Crippen LogP contribution in [-0.2, 0) is 0 Å². The molecule has 0 amide bonds. The lowest BCUT2D eigenvalue weighted by molar-refractivity contribution is 0.240. The first kappa shape index (κ1) is 28.0. The third-order valence-corrected chi connectivity index (χ3v) is 6.07. The molecule has 1 unspecified atom stereocenters. The molecule has 0 fully saturated rings. The Morgan fingerprint density at radius 1 is 0.676 bits per heavy atom. The van der Waals surface area contributed by atoms with Crippen molar-refractivity contribution < 1.29 is 4.74 Å². The Hall–Kier alpha value is -3.54. The summed E-state index contributed by atoms with van der Waals surface area (Å²) in [5.41, 5.74) is 4.69. The highest BCUT2D eigenvalue weighted by atomic mass is 16.5. The summed E-state index contributed by atoms with van der Waals surface area (Å²) in [5.74, 6) is 1.50. The van der Waals surface area contributed by atoms with Crippen LogP contribution in [0.2, 0.25) is 0 Å². The first-order valence-electron chi connectivity index (χ1n) is 13.3. The summed E-state index contributed by atoms with van der Waals surface area (Å²) >= 11 is 0. The van der Waals surface area contributed by atoms with Crippen LogP contribution in [0.4, 0.5) is 28.4 Å². The van der Waals surface area contributed by atoms with Crippen LogP contribution in [0.3, 0.4) is 0 Å². The molecule has 196 valence electrons. The van der Waals surface area contributed by atoms with Gasteiger partial charge in [0.1, 0.15) is 5.75 Å². The predicted octanol–water partition coefficient (Wildman–Crippen LogP) is 10.2. The van der Waals surface area contributed by atoms with Crippen molar-refractivity contribution in [3.8, 4) is 5.75 Å². The van der Waals surface area contributed by atoms with E-state index in [1.165, 1.54) is 12.1 Å². The Morgan fingerprint density at radius 3 is 1.49 bits per heavy atom. The summed E-state index contributed by atoms with van der Waals surface area (Å²) in [5, 5.41) is 17.4. The van der Waals surface area contributed by atoms with Gasteiger partial charge in [0.25, 0.3) is 0 Å². The number of rotatable bonds is 12. The minimum atomic E-state index is 0.356. The van der Waals surface area contributed by atoms with E-state index in [-0.39, 0.29) is 0 Å². The van der Waals surface area contributed by atoms with Gasteiger partial charge in [0.15, 0.2) is 0 Å². The number of ether oxygens (including phenoxy) is 1. The summed E-state index contributed by atoms with van der Waals surface area (Å²) in [7, 11) is 0. The first-order chi connectivity index (χ1) is 17.8. The topological polar surface area (TPSA) is 61.9 Å². The van der Waals surface area contributed by atoms with Crippen LogP contribution in [0.1, 0.15) is 54.4 Å². The number of azo groups is 2. The highest BCUT2D eigenvalue weighted by molar-refractivity contribution is 5.53. The third-order valence-electron chi connectivity index (χ3n) is 6.07. The summed E-state index contributed by atoms with van der Waals surface area (Å²) in [4.78, 5) is 2.30. The fraction of sp³-hybridized carbons (Fsp3) is 0.419. The van der Waals surface area contributed by atoms with Crippen molar-refractivity contribution in [2.45, 2.75) is 54.4 Å². The molecule has 3 rings (SSSR count). The molecule has 3 aromatic carbocycles. The minimum Gasteiger partial charge on any atom is -0.494 e. The molecule has 0 bridgehead atoms. The Balaban J connectivity index is 1.48. The second-order valence-electron chi connectivity index (χ2n) is 10.6. The zero-order valence-electron chi connectivity index (χ0n) is 23.2. The molecule has 3 aromatic rings. The zero-order valence-corrected chi connectivity index (χ0v) is 23.2. The van der Waals surface area contributed by atoms with Crippen molar-refractivity contribution in [1.82, 2.24) is 0 Å². The first-order valence-corrected chi connectivity index (χ1v) is 13.3. The molecule has 6 heteroatoms. The molecule has 37 heavy (non-hydrogen) atoms. The number of hydrogen-bond donors (Lipinski definition) is 0. The monoisotopic (exact) mass is 499 g/mol. The summed E-state index contributed by atoms with van der Waals surface area (Å²) in [6.07, 6.45) is 2.25. The molecular weight excluding hydrogens is 458 g/mol. The van der Waals surface area contributed by atoms with Gasteiger partial charge in [0.2, 0.25) is 0 Å². The molecule has 1 atom stereocenters. The van der Waals surface area contributed by atoms with E-state index in [4.69, 9.17) is 4.74 Å². The zero-order chi connectivity index (χ0) is 26.7. The molecule has 0 radical (unpaired) electrons. The van der Waals surface area contributed by atoms with Crippen LogP contribution in [0.15, 0.2) is 93.3 Å². The van der Waals surface area contributed by atoms with Crippen molar-refractivity contribution in [3.05, 3.63) is 72.8 Å². The average molecular weight is 500 g/mol. The van der Waals surface area contributed by atoms with E-state index in [1.54, 1.807) is 0 Å². The maximum atomic E-state index is 5.91. The van der Waals surface area contributed by atoms with Crippen LogP contribution in [-0.4, -0.2) is 19.7 Å². The fourth-order valence-electron chi connectivity index (χ4n) is 4.27. The molecule has 0 aliphatic rings. The van der Waals surface area contributed by atoms with Crippen molar-refractivity contribution in [1.29, 1.82) is 0 Å². The van der Waals surface area contributed by atoms with Crippen molar-refractivity contribution in [2.24, 2.45) is 31.8 Å². The van der Waals surface area contributed by atoms with E-state index in [1.807, 2.05) is 60.7 Å². The van der Waals surface area contributed by atoms with Crippen molar-refractivity contribution >= 4 is 28.4 Å². The van der Waals surface area contributed by atoms with Crippen LogP contribution in [0.5, 0.6) is 5.75 Å². The van der Waals surface area contributed by atoms with Crippen molar-refractivity contribution in [2.75, 3.05) is 24.6 Å². The molecule has 0 heterocycles. The van der Waals surface area contributed by atoms with Gasteiger partial charge in [-0.15, -0.1) is 0 Å². The highest BCUT2D eigenvalue weighted by Gasteiger charge is 2.15. The van der Waals surface area contributed by atoms with Gasteiger partial charge in [-0.1, -0.05) is 27.7 Å². The second-order valence-corrected chi connectivity index (χ2v) is 10.6. The lowest BCUT2D eigenvalue weighted by Crippen LogP contribution is -2.21.